The number of carbonyl (C=O) groups excluding carboxylic acids is 2. The van der Waals surface area contributed by atoms with Crippen LogP contribution in [0, 0.1) is 6.92 Å². The predicted octanol–water partition coefficient (Wildman–Crippen LogP) is 3.21. The molecule has 164 valence electrons. The average molecular weight is 437 g/mol. The highest BCUT2D eigenvalue weighted by atomic mass is 32.1. The summed E-state index contributed by atoms with van der Waals surface area (Å²) in [6, 6.07) is 5.50. The van der Waals surface area contributed by atoms with Crippen molar-refractivity contribution >= 4 is 23.3 Å². The number of nitrogens with zero attached hydrogens (tertiary/aromatic N) is 2. The molecule has 0 saturated carbocycles. The van der Waals surface area contributed by atoms with Crippen LogP contribution in [0.3, 0.4) is 0 Å². The summed E-state index contributed by atoms with van der Waals surface area (Å²) >= 11 is 1.28. The molecule has 1 aromatic heterocycles. The van der Waals surface area contributed by atoms with Gasteiger partial charge in [-0.2, -0.15) is 0 Å². The second-order valence-corrected chi connectivity index (χ2v) is 7.56. The lowest BCUT2D eigenvalue weighted by atomic mass is 10.1. The fourth-order valence-electron chi connectivity index (χ4n) is 2.93. The van der Waals surface area contributed by atoms with Crippen LogP contribution >= 0.6 is 11.3 Å². The Morgan fingerprint density at radius 3 is 2.43 bits per heavy atom. The van der Waals surface area contributed by atoms with Crippen molar-refractivity contribution in [2.75, 3.05) is 34.0 Å². The summed E-state index contributed by atoms with van der Waals surface area (Å²) in [7, 11) is 3.17. The molecule has 0 radical (unpaired) electrons. The number of carbonyl (C=O) groups is 2. The average Bonchev–Trinajstić information content (AvgIpc) is 3.08. The molecule has 8 nitrogen and oxygen atoms in total. The van der Waals surface area contributed by atoms with Crippen LogP contribution in [0.1, 0.15) is 39.8 Å². The van der Waals surface area contributed by atoms with Crippen molar-refractivity contribution in [3.8, 4) is 11.5 Å². The minimum atomic E-state index is -0.406. The summed E-state index contributed by atoms with van der Waals surface area (Å²) in [5.41, 5.74) is 1.44. The molecule has 0 saturated heterocycles. The van der Waals surface area contributed by atoms with E-state index in [2.05, 4.69) is 4.98 Å². The normalized spacial score (nSPS) is 10.7. The van der Waals surface area contributed by atoms with Crippen LogP contribution in [0.5, 0.6) is 11.5 Å². The fraction of sp³-hybridized carbons (Fsp3) is 0.476. The Labute approximate surface area is 180 Å². The van der Waals surface area contributed by atoms with Gasteiger partial charge >= 0.3 is 11.9 Å². The van der Waals surface area contributed by atoms with Crippen molar-refractivity contribution in [2.45, 2.75) is 33.9 Å². The van der Waals surface area contributed by atoms with E-state index in [1.807, 2.05) is 24.0 Å². The molecule has 9 heteroatoms. The summed E-state index contributed by atoms with van der Waals surface area (Å²) in [6.45, 7) is 6.65. The van der Waals surface area contributed by atoms with Crippen LogP contribution in [0.4, 0.5) is 0 Å². The second-order valence-electron chi connectivity index (χ2n) is 6.36. The Morgan fingerprint density at radius 1 is 1.07 bits per heavy atom. The van der Waals surface area contributed by atoms with Crippen LogP contribution in [0.15, 0.2) is 18.2 Å². The van der Waals surface area contributed by atoms with Crippen molar-refractivity contribution in [3.63, 3.8) is 0 Å². The molecule has 0 bridgehead atoms. The van der Waals surface area contributed by atoms with Crippen LogP contribution < -0.4 is 9.47 Å². The molecule has 0 atom stereocenters. The maximum absolute atomic E-state index is 12.3. The number of methoxy groups -OCH3 is 2. The van der Waals surface area contributed by atoms with E-state index in [9.17, 15) is 9.59 Å². The first-order chi connectivity index (χ1) is 14.4. The molecule has 0 spiro atoms. The van der Waals surface area contributed by atoms with Crippen molar-refractivity contribution in [1.82, 2.24) is 9.88 Å². The third-order valence-corrected chi connectivity index (χ3v) is 5.18. The van der Waals surface area contributed by atoms with E-state index in [1.165, 1.54) is 11.3 Å². The van der Waals surface area contributed by atoms with E-state index in [0.29, 0.717) is 35.2 Å². The van der Waals surface area contributed by atoms with Gasteiger partial charge in [-0.1, -0.05) is 6.07 Å². The largest absolute Gasteiger partial charge is 0.497 e. The standard InChI is InChI=1S/C21H28N2O6S/c1-6-28-19(24)13-23(11-15-8-9-16(26-4)10-18(15)27-5)12-17-20(21(25)29-7-2)30-14(3)22-17/h8-10H,6-7,11-13H2,1-5H3. The number of aryl methyl sites for hydroxylation is 1. The van der Waals surface area contributed by atoms with Crippen molar-refractivity contribution in [2.24, 2.45) is 0 Å². The zero-order valence-electron chi connectivity index (χ0n) is 18.0. The lowest BCUT2D eigenvalue weighted by Crippen LogP contribution is -2.31. The van der Waals surface area contributed by atoms with Crippen LogP contribution in [0.25, 0.3) is 0 Å². The van der Waals surface area contributed by atoms with E-state index in [-0.39, 0.29) is 25.7 Å². The SMILES string of the molecule is CCOC(=O)CN(Cc1ccc(OC)cc1OC)Cc1nc(C)sc1C(=O)OCC. The topological polar surface area (TPSA) is 87.2 Å². The van der Waals surface area contributed by atoms with Gasteiger partial charge in [0.1, 0.15) is 16.4 Å². The van der Waals surface area contributed by atoms with Gasteiger partial charge in [-0.05, 0) is 26.8 Å². The molecule has 0 fully saturated rings. The Bertz CT molecular complexity index is 867. The van der Waals surface area contributed by atoms with Crippen molar-refractivity contribution in [3.05, 3.63) is 39.3 Å². The molecule has 1 heterocycles. The molecule has 0 aliphatic heterocycles. The third-order valence-electron chi connectivity index (χ3n) is 4.18. The van der Waals surface area contributed by atoms with Gasteiger partial charge in [-0.25, -0.2) is 9.78 Å². The third kappa shape index (κ3) is 6.43. The Hall–Kier alpha value is -2.65. The highest BCUT2D eigenvalue weighted by Crippen LogP contribution is 2.27. The van der Waals surface area contributed by atoms with Gasteiger partial charge < -0.3 is 18.9 Å². The van der Waals surface area contributed by atoms with Crippen molar-refractivity contribution < 1.29 is 28.5 Å². The molecular formula is C21H28N2O6S. The van der Waals surface area contributed by atoms with Crippen LogP contribution in [0.2, 0.25) is 0 Å². The monoisotopic (exact) mass is 436 g/mol. The fourth-order valence-corrected chi connectivity index (χ4v) is 3.75. The zero-order valence-corrected chi connectivity index (χ0v) is 18.8. The number of aromatic nitrogens is 1. The lowest BCUT2D eigenvalue weighted by Gasteiger charge is -2.22. The van der Waals surface area contributed by atoms with Crippen LogP contribution in [-0.2, 0) is 27.4 Å². The van der Waals surface area contributed by atoms with Gasteiger partial charge in [-0.15, -0.1) is 11.3 Å². The molecular weight excluding hydrogens is 408 g/mol. The van der Waals surface area contributed by atoms with E-state index in [1.54, 1.807) is 34.1 Å². The maximum atomic E-state index is 12.3. The Kier molecular flexibility index (Phi) is 9.07. The quantitative estimate of drug-likeness (QED) is 0.496. The van der Waals surface area contributed by atoms with E-state index in [4.69, 9.17) is 18.9 Å². The minimum absolute atomic E-state index is 0.0435. The summed E-state index contributed by atoms with van der Waals surface area (Å²) in [6.07, 6.45) is 0. The molecule has 0 aliphatic rings. The first kappa shape index (κ1) is 23.6. The molecule has 0 amide bonds. The van der Waals surface area contributed by atoms with E-state index in [0.717, 1.165) is 10.6 Å². The first-order valence-electron chi connectivity index (χ1n) is 9.64. The van der Waals surface area contributed by atoms with E-state index >= 15 is 0 Å². The molecule has 0 aliphatic carbocycles. The predicted molar refractivity (Wildman–Crippen MR) is 113 cm³/mol. The molecule has 30 heavy (non-hydrogen) atoms. The Balaban J connectivity index is 2.31. The zero-order chi connectivity index (χ0) is 22.1. The molecule has 0 N–H and O–H groups in total. The molecule has 2 rings (SSSR count). The molecule has 2 aromatic rings. The molecule has 0 unspecified atom stereocenters. The summed E-state index contributed by atoms with van der Waals surface area (Å²) < 4.78 is 21.0. The van der Waals surface area contributed by atoms with Gasteiger partial charge in [0, 0.05) is 24.7 Å². The minimum Gasteiger partial charge on any atom is -0.497 e. The number of esters is 2. The van der Waals surface area contributed by atoms with Gasteiger partial charge in [-0.3, -0.25) is 9.69 Å². The highest BCUT2D eigenvalue weighted by Gasteiger charge is 2.22. The number of ether oxygens (including phenoxy) is 4. The summed E-state index contributed by atoms with van der Waals surface area (Å²) in [5, 5.41) is 0.756. The number of benzene rings is 1. The van der Waals surface area contributed by atoms with Crippen molar-refractivity contribution in [1.29, 1.82) is 0 Å². The lowest BCUT2D eigenvalue weighted by molar-refractivity contribution is -0.144. The molecule has 1 aromatic carbocycles. The number of thiazole rings is 1. The van der Waals surface area contributed by atoms with Gasteiger partial charge in [0.25, 0.3) is 0 Å². The second kappa shape index (κ2) is 11.5. The van der Waals surface area contributed by atoms with E-state index < -0.39 is 5.97 Å². The van der Waals surface area contributed by atoms with Gasteiger partial charge in [0.05, 0.1) is 44.7 Å². The highest BCUT2D eigenvalue weighted by molar-refractivity contribution is 7.13. The maximum Gasteiger partial charge on any atom is 0.350 e. The summed E-state index contributed by atoms with van der Waals surface area (Å²) in [4.78, 5) is 31.3. The van der Waals surface area contributed by atoms with Gasteiger partial charge in [0.15, 0.2) is 0 Å². The number of rotatable bonds is 11. The van der Waals surface area contributed by atoms with Crippen LogP contribution in [-0.4, -0.2) is 55.8 Å². The number of hydrogen-bond acceptors (Lipinski definition) is 9. The Morgan fingerprint density at radius 2 is 1.80 bits per heavy atom. The first-order valence-corrected chi connectivity index (χ1v) is 10.5. The summed E-state index contributed by atoms with van der Waals surface area (Å²) in [5.74, 6) is 0.557. The van der Waals surface area contributed by atoms with Gasteiger partial charge in [0.2, 0.25) is 0 Å². The number of hydrogen-bond donors (Lipinski definition) is 0. The smallest absolute Gasteiger partial charge is 0.350 e.